The van der Waals surface area contributed by atoms with Crippen LogP contribution in [0.25, 0.3) is 0 Å². The smallest absolute Gasteiger partial charge is 0.341 e. The van der Waals surface area contributed by atoms with Gasteiger partial charge in [-0.05, 0) is 6.92 Å². The van der Waals surface area contributed by atoms with E-state index in [4.69, 9.17) is 4.42 Å². The third-order valence-electron chi connectivity index (χ3n) is 2.80. The predicted octanol–water partition coefficient (Wildman–Crippen LogP) is 0.313. The molecule has 10 heteroatoms. The number of aromatic amines is 1. The molecule has 2 rings (SSSR count). The number of methoxy groups -OCH3 is 1. The summed E-state index contributed by atoms with van der Waals surface area (Å²) in [7, 11) is -1.31. The van der Waals surface area contributed by atoms with Crippen LogP contribution in [0.1, 0.15) is 21.9 Å². The molecule has 0 spiro atoms. The van der Waals surface area contributed by atoms with E-state index in [2.05, 4.69) is 19.9 Å². The van der Waals surface area contributed by atoms with Crippen molar-refractivity contribution in [2.75, 3.05) is 14.2 Å². The van der Waals surface area contributed by atoms with Crippen LogP contribution in [0.5, 0.6) is 0 Å². The first kappa shape index (κ1) is 15.2. The Bertz CT molecular complexity index is 735. The quantitative estimate of drug-likeness (QED) is 0.789. The Hall–Kier alpha value is -2.20. The maximum absolute atomic E-state index is 12.4. The molecule has 2 aromatic heterocycles. The van der Waals surface area contributed by atoms with E-state index in [9.17, 15) is 13.2 Å². The molecule has 0 unspecified atom stereocenters. The van der Waals surface area contributed by atoms with Crippen LogP contribution in [0.2, 0.25) is 0 Å². The van der Waals surface area contributed by atoms with Crippen molar-refractivity contribution >= 4 is 16.0 Å². The number of aryl methyl sites for hydroxylation is 1. The third kappa shape index (κ3) is 2.95. The number of furan rings is 1. The first-order chi connectivity index (χ1) is 9.86. The second-order valence-corrected chi connectivity index (χ2v) is 6.20. The van der Waals surface area contributed by atoms with Gasteiger partial charge in [-0.25, -0.2) is 18.2 Å². The second kappa shape index (κ2) is 5.66. The van der Waals surface area contributed by atoms with Crippen LogP contribution < -0.4 is 0 Å². The molecule has 2 heterocycles. The van der Waals surface area contributed by atoms with Gasteiger partial charge >= 0.3 is 5.97 Å². The maximum Gasteiger partial charge on any atom is 0.341 e. The summed E-state index contributed by atoms with van der Waals surface area (Å²) >= 11 is 0. The van der Waals surface area contributed by atoms with E-state index in [-0.39, 0.29) is 23.0 Å². The summed E-state index contributed by atoms with van der Waals surface area (Å²) in [6.45, 7) is 1.48. The second-order valence-electron chi connectivity index (χ2n) is 4.22. The van der Waals surface area contributed by atoms with E-state index < -0.39 is 16.0 Å². The monoisotopic (exact) mass is 314 g/mol. The average Bonchev–Trinajstić information content (AvgIpc) is 3.07. The fraction of sp³-hybridized carbons (Fsp3) is 0.364. The van der Waals surface area contributed by atoms with Gasteiger partial charge in [0.1, 0.15) is 23.5 Å². The molecule has 0 aromatic carbocycles. The molecule has 0 fully saturated rings. The molecule has 21 heavy (non-hydrogen) atoms. The fourth-order valence-corrected chi connectivity index (χ4v) is 2.75. The molecule has 0 aliphatic rings. The fourth-order valence-electron chi connectivity index (χ4n) is 1.65. The Morgan fingerprint density at radius 2 is 2.24 bits per heavy atom. The van der Waals surface area contributed by atoms with E-state index >= 15 is 0 Å². The van der Waals surface area contributed by atoms with Gasteiger partial charge < -0.3 is 9.15 Å². The van der Waals surface area contributed by atoms with Gasteiger partial charge in [0.25, 0.3) is 10.0 Å². The van der Waals surface area contributed by atoms with Crippen LogP contribution in [0.15, 0.2) is 21.9 Å². The number of hydrogen-bond acceptors (Lipinski definition) is 7. The Labute approximate surface area is 121 Å². The lowest BCUT2D eigenvalue weighted by atomic mass is 10.3. The summed E-state index contributed by atoms with van der Waals surface area (Å²) in [5.41, 5.74) is 0.0733. The third-order valence-corrected chi connectivity index (χ3v) is 4.46. The van der Waals surface area contributed by atoms with Gasteiger partial charge in [-0.15, -0.1) is 0 Å². The number of rotatable bonds is 5. The van der Waals surface area contributed by atoms with Gasteiger partial charge in [0.2, 0.25) is 5.09 Å². The summed E-state index contributed by atoms with van der Waals surface area (Å²) in [5.74, 6) is -0.0957. The molecule has 0 amide bonds. The number of carbonyl (C=O) groups is 1. The Morgan fingerprint density at radius 1 is 1.52 bits per heavy atom. The van der Waals surface area contributed by atoms with Gasteiger partial charge in [-0.1, -0.05) is 0 Å². The molecule has 0 atom stereocenters. The largest absolute Gasteiger partial charge is 0.465 e. The van der Waals surface area contributed by atoms with E-state index in [0.29, 0.717) is 5.82 Å². The molecule has 0 aliphatic carbocycles. The zero-order valence-corrected chi connectivity index (χ0v) is 12.5. The van der Waals surface area contributed by atoms with Gasteiger partial charge in [-0.2, -0.15) is 9.40 Å². The van der Waals surface area contributed by atoms with Crippen LogP contribution in [0, 0.1) is 6.92 Å². The SMILES string of the molecule is COC(=O)c1cc(S(=O)(=O)N(C)Cc2ncn[nH]2)oc1C. The zero-order chi connectivity index (χ0) is 15.6. The van der Waals surface area contributed by atoms with Crippen molar-refractivity contribution in [2.45, 2.75) is 18.6 Å². The minimum absolute atomic E-state index is 0.00433. The van der Waals surface area contributed by atoms with Crippen LogP contribution in [-0.4, -0.2) is 48.0 Å². The Morgan fingerprint density at radius 3 is 2.81 bits per heavy atom. The van der Waals surface area contributed by atoms with Gasteiger partial charge in [0, 0.05) is 13.1 Å². The number of aromatic nitrogens is 3. The van der Waals surface area contributed by atoms with Crippen LogP contribution in [0.3, 0.4) is 0 Å². The lowest BCUT2D eigenvalue weighted by molar-refractivity contribution is 0.0599. The molecule has 114 valence electrons. The number of nitrogens with zero attached hydrogens (tertiary/aromatic N) is 3. The van der Waals surface area contributed by atoms with Crippen LogP contribution in [-0.2, 0) is 21.3 Å². The summed E-state index contributed by atoms with van der Waals surface area (Å²) in [4.78, 5) is 15.3. The Kier molecular flexibility index (Phi) is 4.09. The molecule has 0 radical (unpaired) electrons. The summed E-state index contributed by atoms with van der Waals surface area (Å²) in [5, 5.41) is 5.87. The van der Waals surface area contributed by atoms with Gasteiger partial charge in [0.05, 0.1) is 13.7 Å². The van der Waals surface area contributed by atoms with Crippen LogP contribution >= 0.6 is 0 Å². The summed E-state index contributed by atoms with van der Waals surface area (Å²) in [6, 6.07) is 1.15. The molecule has 0 saturated heterocycles. The van der Waals surface area contributed by atoms with Crippen molar-refractivity contribution in [3.8, 4) is 0 Å². The predicted molar refractivity (Wildman–Crippen MR) is 69.8 cm³/mol. The molecule has 2 aromatic rings. The molecule has 9 nitrogen and oxygen atoms in total. The number of esters is 1. The molecule has 1 N–H and O–H groups in total. The topological polar surface area (TPSA) is 118 Å². The Balaban J connectivity index is 2.29. The van der Waals surface area contributed by atoms with Crippen molar-refractivity contribution in [2.24, 2.45) is 0 Å². The molecule has 0 bridgehead atoms. The summed E-state index contributed by atoms with van der Waals surface area (Å²) < 4.78 is 35.5. The molecule has 0 aliphatic heterocycles. The van der Waals surface area contributed by atoms with Gasteiger partial charge in [-0.3, -0.25) is 5.10 Å². The van der Waals surface area contributed by atoms with Gasteiger partial charge in [0.15, 0.2) is 0 Å². The van der Waals surface area contributed by atoms with Crippen molar-refractivity contribution in [3.05, 3.63) is 29.5 Å². The van der Waals surface area contributed by atoms with E-state index in [1.54, 1.807) is 0 Å². The first-order valence-corrected chi connectivity index (χ1v) is 7.29. The number of H-pyrrole nitrogens is 1. The highest BCUT2D eigenvalue weighted by atomic mass is 32.2. The molecule has 0 saturated carbocycles. The first-order valence-electron chi connectivity index (χ1n) is 5.85. The normalized spacial score (nSPS) is 11.8. The average molecular weight is 314 g/mol. The summed E-state index contributed by atoms with van der Waals surface area (Å²) in [6.07, 6.45) is 1.28. The minimum atomic E-state index is -3.89. The van der Waals surface area contributed by atoms with E-state index in [0.717, 1.165) is 10.4 Å². The number of hydrogen-bond donors (Lipinski definition) is 1. The zero-order valence-electron chi connectivity index (χ0n) is 11.7. The van der Waals surface area contributed by atoms with Crippen LogP contribution in [0.4, 0.5) is 0 Å². The van der Waals surface area contributed by atoms with E-state index in [1.807, 2.05) is 0 Å². The lowest BCUT2D eigenvalue weighted by Crippen LogP contribution is -2.26. The molecular formula is C11H14N4O5S. The van der Waals surface area contributed by atoms with Crippen molar-refractivity contribution in [1.29, 1.82) is 0 Å². The highest BCUT2D eigenvalue weighted by molar-refractivity contribution is 7.88. The van der Waals surface area contributed by atoms with Crippen molar-refractivity contribution < 1.29 is 22.4 Å². The standard InChI is InChI=1S/C11H14N4O5S/c1-7-8(11(16)19-3)4-10(20-7)21(17,18)15(2)5-9-12-6-13-14-9/h4,6H,5H2,1-3H3,(H,12,13,14). The molecular weight excluding hydrogens is 300 g/mol. The number of sulfonamides is 1. The number of nitrogens with one attached hydrogen (secondary N) is 1. The minimum Gasteiger partial charge on any atom is -0.465 e. The lowest BCUT2D eigenvalue weighted by Gasteiger charge is -2.13. The maximum atomic E-state index is 12.4. The van der Waals surface area contributed by atoms with E-state index in [1.165, 1.54) is 27.4 Å². The highest BCUT2D eigenvalue weighted by Gasteiger charge is 2.28. The highest BCUT2D eigenvalue weighted by Crippen LogP contribution is 2.23. The van der Waals surface area contributed by atoms with Crippen molar-refractivity contribution in [3.63, 3.8) is 0 Å². The number of carbonyl (C=O) groups excluding carboxylic acids is 1. The number of ether oxygens (including phenoxy) is 1. The van der Waals surface area contributed by atoms with Crippen molar-refractivity contribution in [1.82, 2.24) is 19.5 Å².